The smallest absolute Gasteiger partial charge is 0.321 e. The van der Waals surface area contributed by atoms with Crippen LogP contribution in [0.4, 0.5) is 11.5 Å². The Bertz CT molecular complexity index is 1210. The van der Waals surface area contributed by atoms with Gasteiger partial charge in [-0.05, 0) is 48.5 Å². The molecule has 0 radical (unpaired) electrons. The van der Waals surface area contributed by atoms with Gasteiger partial charge in [0.1, 0.15) is 0 Å². The van der Waals surface area contributed by atoms with Gasteiger partial charge >= 0.3 is 6.01 Å². The van der Waals surface area contributed by atoms with Crippen LogP contribution in [0.1, 0.15) is 10.4 Å². The number of halogens is 1. The van der Waals surface area contributed by atoms with Gasteiger partial charge in [-0.1, -0.05) is 15.9 Å². The summed E-state index contributed by atoms with van der Waals surface area (Å²) in [4.78, 5) is 20.0. The Kier molecular flexibility index (Phi) is 7.44. The number of sulfonamides is 1. The quantitative estimate of drug-likeness (QED) is 0.323. The summed E-state index contributed by atoms with van der Waals surface area (Å²) in [5, 5.41) is 2.94. The summed E-state index contributed by atoms with van der Waals surface area (Å²) in [6.45, 7) is 0. The van der Waals surface area contributed by atoms with Gasteiger partial charge in [0, 0.05) is 34.1 Å². The number of nitrogens with zero attached hydrogens (tertiary/aromatic N) is 2. The number of hydrogen-bond donors (Lipinski definition) is 2. The minimum absolute atomic E-state index is 0.00490. The maximum atomic E-state index is 12.7. The first-order valence-electron chi connectivity index (χ1n) is 9.13. The molecule has 3 aromatic rings. The minimum Gasteiger partial charge on any atom is -0.481 e. The molecule has 0 saturated heterocycles. The largest absolute Gasteiger partial charge is 0.481 e. The number of aromatic nitrogens is 2. The van der Waals surface area contributed by atoms with Crippen LogP contribution in [0.5, 0.6) is 11.9 Å². The zero-order valence-corrected chi connectivity index (χ0v) is 19.5. The molecule has 1 heterocycles. The first-order valence-corrected chi connectivity index (χ1v) is 11.4. The fourth-order valence-electron chi connectivity index (χ4n) is 2.50. The van der Waals surface area contributed by atoms with E-state index in [1.54, 1.807) is 36.4 Å². The summed E-state index contributed by atoms with van der Waals surface area (Å²) in [7, 11) is -1.15. The predicted octanol–water partition coefficient (Wildman–Crippen LogP) is 3.87. The molecule has 0 aliphatic carbocycles. The number of carbonyl (C=O) groups is 1. The second-order valence-corrected chi connectivity index (χ2v) is 8.86. The Hall–Kier alpha value is -3.44. The molecule has 166 valence electrons. The average molecular weight is 519 g/mol. The number of hydrogen-bond acceptors (Lipinski definition) is 8. The monoisotopic (exact) mass is 518 g/mol. The second-order valence-electron chi connectivity index (χ2n) is 6.26. The number of rotatable bonds is 9. The van der Waals surface area contributed by atoms with E-state index in [9.17, 15) is 13.2 Å². The average Bonchev–Trinajstić information content (AvgIpc) is 2.79. The maximum Gasteiger partial charge on any atom is 0.321 e. The van der Waals surface area contributed by atoms with Crippen LogP contribution < -0.4 is 19.5 Å². The molecule has 0 atom stereocenters. The molecule has 0 aliphatic rings. The molecule has 0 aliphatic heterocycles. The van der Waals surface area contributed by atoms with Crippen LogP contribution in [0.3, 0.4) is 0 Å². The number of benzene rings is 2. The minimum atomic E-state index is -3.91. The van der Waals surface area contributed by atoms with Crippen LogP contribution in [-0.4, -0.2) is 38.4 Å². The fourth-order valence-corrected chi connectivity index (χ4v) is 3.76. The summed E-state index contributed by atoms with van der Waals surface area (Å²) >= 11 is 3.32. The lowest BCUT2D eigenvalue weighted by Gasteiger charge is -2.10. The highest BCUT2D eigenvalue weighted by Crippen LogP contribution is 2.21. The van der Waals surface area contributed by atoms with Crippen molar-refractivity contribution in [3.63, 3.8) is 0 Å². The molecule has 0 unspecified atom stereocenters. The molecule has 0 bridgehead atoms. The van der Waals surface area contributed by atoms with Gasteiger partial charge in [0.25, 0.3) is 10.0 Å². The normalized spacial score (nSPS) is 11.2. The lowest BCUT2D eigenvalue weighted by molar-refractivity contribution is 0.104. The Morgan fingerprint density at radius 2 is 1.69 bits per heavy atom. The molecule has 11 heteroatoms. The zero-order chi connectivity index (χ0) is 23.1. The third-order valence-corrected chi connectivity index (χ3v) is 5.99. The van der Waals surface area contributed by atoms with Crippen molar-refractivity contribution in [1.29, 1.82) is 0 Å². The summed E-state index contributed by atoms with van der Waals surface area (Å²) in [6, 6.07) is 14.3. The van der Waals surface area contributed by atoms with E-state index in [1.165, 1.54) is 44.7 Å². The first kappa shape index (κ1) is 23.2. The zero-order valence-electron chi connectivity index (χ0n) is 17.1. The first-order chi connectivity index (χ1) is 15.3. The predicted molar refractivity (Wildman–Crippen MR) is 124 cm³/mol. The van der Waals surface area contributed by atoms with Gasteiger partial charge in [-0.15, -0.1) is 0 Å². The Morgan fingerprint density at radius 1 is 1.00 bits per heavy atom. The molecule has 2 N–H and O–H groups in total. The summed E-state index contributed by atoms with van der Waals surface area (Å²) < 4.78 is 38.5. The SMILES string of the molecule is COc1cc(NS(=O)(=O)c2ccc(N/C=C/C(=O)c3ccc(Br)cc3)cc2)nc(OC)n1. The highest BCUT2D eigenvalue weighted by molar-refractivity contribution is 9.10. The van der Waals surface area contributed by atoms with Crippen LogP contribution >= 0.6 is 15.9 Å². The molecule has 9 nitrogen and oxygen atoms in total. The van der Waals surface area contributed by atoms with Gasteiger partial charge in [-0.25, -0.2) is 8.42 Å². The Labute approximate surface area is 193 Å². The van der Waals surface area contributed by atoms with E-state index in [4.69, 9.17) is 9.47 Å². The van der Waals surface area contributed by atoms with E-state index in [-0.39, 0.29) is 28.4 Å². The number of anilines is 2. The Morgan fingerprint density at radius 3 is 2.31 bits per heavy atom. The van der Waals surface area contributed by atoms with Gasteiger partial charge in [0.05, 0.1) is 19.1 Å². The lowest BCUT2D eigenvalue weighted by Crippen LogP contribution is -2.14. The van der Waals surface area contributed by atoms with Crippen molar-refractivity contribution in [1.82, 2.24) is 9.97 Å². The molecular formula is C21H19BrN4O5S. The van der Waals surface area contributed by atoms with Crippen molar-refractivity contribution >= 4 is 43.2 Å². The third kappa shape index (κ3) is 6.05. The molecule has 32 heavy (non-hydrogen) atoms. The van der Waals surface area contributed by atoms with E-state index in [2.05, 4.69) is 35.9 Å². The van der Waals surface area contributed by atoms with Crippen molar-refractivity contribution in [2.24, 2.45) is 0 Å². The van der Waals surface area contributed by atoms with Crippen molar-refractivity contribution in [3.8, 4) is 11.9 Å². The van der Waals surface area contributed by atoms with E-state index in [0.717, 1.165) is 4.47 Å². The Balaban J connectivity index is 1.66. The number of nitrogens with one attached hydrogen (secondary N) is 2. The highest BCUT2D eigenvalue weighted by Gasteiger charge is 2.16. The second kappa shape index (κ2) is 10.2. The standard InChI is InChI=1S/C21H19BrN4O5S/c1-30-20-13-19(24-21(25-20)31-2)26-32(28,29)17-9-7-16(8-10-17)23-12-11-18(27)14-3-5-15(22)6-4-14/h3-13,23H,1-2H3,(H,24,25,26)/b12-11+. The maximum absolute atomic E-state index is 12.7. The van der Waals surface area contributed by atoms with Gasteiger partial charge in [-0.3, -0.25) is 9.52 Å². The summed E-state index contributed by atoms with van der Waals surface area (Å²) in [5.41, 5.74) is 1.16. The molecule has 2 aromatic carbocycles. The molecule has 0 fully saturated rings. The van der Waals surface area contributed by atoms with E-state index < -0.39 is 10.0 Å². The van der Waals surface area contributed by atoms with Crippen LogP contribution in [-0.2, 0) is 10.0 Å². The van der Waals surface area contributed by atoms with Crippen molar-refractivity contribution in [2.45, 2.75) is 4.90 Å². The van der Waals surface area contributed by atoms with E-state index in [1.807, 2.05) is 0 Å². The molecular weight excluding hydrogens is 500 g/mol. The molecule has 0 spiro atoms. The van der Waals surface area contributed by atoms with Crippen molar-refractivity contribution in [2.75, 3.05) is 24.3 Å². The molecule has 0 saturated carbocycles. The highest BCUT2D eigenvalue weighted by atomic mass is 79.9. The molecule has 0 amide bonds. The number of ether oxygens (including phenoxy) is 2. The third-order valence-electron chi connectivity index (χ3n) is 4.09. The summed E-state index contributed by atoms with van der Waals surface area (Å²) in [6.07, 6.45) is 2.89. The van der Waals surface area contributed by atoms with Gasteiger partial charge < -0.3 is 14.8 Å². The van der Waals surface area contributed by atoms with Crippen LogP contribution in [0.15, 0.2) is 76.2 Å². The van der Waals surface area contributed by atoms with Gasteiger partial charge in [0.2, 0.25) is 5.88 Å². The molecule has 3 rings (SSSR count). The van der Waals surface area contributed by atoms with E-state index in [0.29, 0.717) is 11.3 Å². The number of methoxy groups -OCH3 is 2. The van der Waals surface area contributed by atoms with Crippen LogP contribution in [0.2, 0.25) is 0 Å². The molecule has 1 aromatic heterocycles. The van der Waals surface area contributed by atoms with Crippen molar-refractivity contribution < 1.29 is 22.7 Å². The summed E-state index contributed by atoms with van der Waals surface area (Å²) in [5.74, 6) is -0.00652. The van der Waals surface area contributed by atoms with Crippen LogP contribution in [0, 0.1) is 0 Å². The lowest BCUT2D eigenvalue weighted by atomic mass is 10.1. The van der Waals surface area contributed by atoms with Crippen molar-refractivity contribution in [3.05, 3.63) is 76.9 Å². The van der Waals surface area contributed by atoms with Gasteiger partial charge in [0.15, 0.2) is 11.6 Å². The fraction of sp³-hybridized carbons (Fsp3) is 0.0952. The van der Waals surface area contributed by atoms with Crippen LogP contribution in [0.25, 0.3) is 0 Å². The topological polar surface area (TPSA) is 120 Å². The number of ketones is 1. The number of carbonyl (C=O) groups excluding carboxylic acids is 1. The van der Waals surface area contributed by atoms with Gasteiger partial charge in [-0.2, -0.15) is 9.97 Å². The van der Waals surface area contributed by atoms with E-state index >= 15 is 0 Å². The number of allylic oxidation sites excluding steroid dienone is 1.